The Bertz CT molecular complexity index is 480. The smallest absolute Gasteiger partial charge is 0.191 e. The fraction of sp³-hybridized carbons (Fsp3) is 0.650. The van der Waals surface area contributed by atoms with E-state index in [1.807, 2.05) is 7.05 Å². The average molecular weight is 334 g/mol. The number of guanidine groups is 1. The molecule has 0 radical (unpaired) electrons. The maximum Gasteiger partial charge on any atom is 0.191 e. The third-order valence-electron chi connectivity index (χ3n) is 4.38. The monoisotopic (exact) mass is 333 g/mol. The standard InChI is InChI=1S/C20H35N3O/c1-6-17-10-12-18(13-11-17)20(2,3)16-23-19(21-4)22-14-8-7-9-15-24-5/h10-13H,6-9,14-16H2,1-5H3,(H2,21,22,23). The van der Waals surface area contributed by atoms with Crippen molar-refractivity contribution >= 4 is 5.96 Å². The molecule has 0 aliphatic carbocycles. The molecule has 1 aromatic rings. The summed E-state index contributed by atoms with van der Waals surface area (Å²) in [5.41, 5.74) is 2.79. The number of methoxy groups -OCH3 is 1. The van der Waals surface area contributed by atoms with Crippen LogP contribution in [0.5, 0.6) is 0 Å². The summed E-state index contributed by atoms with van der Waals surface area (Å²) in [6, 6.07) is 8.94. The van der Waals surface area contributed by atoms with E-state index in [0.717, 1.165) is 44.9 Å². The van der Waals surface area contributed by atoms with E-state index in [-0.39, 0.29) is 5.41 Å². The third kappa shape index (κ3) is 7.35. The molecule has 0 amide bonds. The second kappa shape index (κ2) is 11.1. The molecule has 4 nitrogen and oxygen atoms in total. The van der Waals surface area contributed by atoms with Crippen molar-refractivity contribution in [2.24, 2.45) is 4.99 Å². The number of aliphatic imine (C=N–C) groups is 1. The van der Waals surface area contributed by atoms with Crippen molar-refractivity contribution < 1.29 is 4.74 Å². The molecule has 0 saturated heterocycles. The van der Waals surface area contributed by atoms with Crippen LogP contribution in [-0.4, -0.2) is 39.8 Å². The van der Waals surface area contributed by atoms with Gasteiger partial charge in [-0.1, -0.05) is 45.0 Å². The summed E-state index contributed by atoms with van der Waals surface area (Å²) in [5.74, 6) is 0.875. The van der Waals surface area contributed by atoms with Crippen LogP contribution in [0.3, 0.4) is 0 Å². The largest absolute Gasteiger partial charge is 0.385 e. The number of unbranched alkanes of at least 4 members (excludes halogenated alkanes) is 2. The minimum atomic E-state index is 0.0579. The minimum absolute atomic E-state index is 0.0579. The Kier molecular flexibility index (Phi) is 9.46. The summed E-state index contributed by atoms with van der Waals surface area (Å²) in [6.07, 6.45) is 4.50. The molecule has 0 bridgehead atoms. The van der Waals surface area contributed by atoms with Gasteiger partial charge in [-0.25, -0.2) is 0 Å². The number of aryl methyl sites for hydroxylation is 1. The van der Waals surface area contributed by atoms with Crippen LogP contribution in [0.15, 0.2) is 29.3 Å². The normalized spacial score (nSPS) is 12.3. The molecular formula is C20H35N3O. The maximum absolute atomic E-state index is 5.07. The first-order valence-electron chi connectivity index (χ1n) is 9.06. The van der Waals surface area contributed by atoms with Crippen LogP contribution in [0.1, 0.15) is 51.2 Å². The van der Waals surface area contributed by atoms with E-state index in [1.54, 1.807) is 7.11 Å². The van der Waals surface area contributed by atoms with Gasteiger partial charge >= 0.3 is 0 Å². The summed E-state index contributed by atoms with van der Waals surface area (Å²) in [4.78, 5) is 4.32. The van der Waals surface area contributed by atoms with Crippen molar-refractivity contribution in [3.63, 3.8) is 0 Å². The van der Waals surface area contributed by atoms with E-state index in [1.165, 1.54) is 17.5 Å². The van der Waals surface area contributed by atoms with Crippen LogP contribution in [0, 0.1) is 0 Å². The number of hydrogen-bond acceptors (Lipinski definition) is 2. The highest BCUT2D eigenvalue weighted by Gasteiger charge is 2.20. The molecule has 4 heteroatoms. The molecule has 0 aliphatic rings. The van der Waals surface area contributed by atoms with E-state index in [9.17, 15) is 0 Å². The molecule has 0 spiro atoms. The van der Waals surface area contributed by atoms with Crippen molar-refractivity contribution in [2.75, 3.05) is 33.9 Å². The Morgan fingerprint density at radius 2 is 1.79 bits per heavy atom. The fourth-order valence-corrected chi connectivity index (χ4v) is 2.57. The molecule has 1 rings (SSSR count). The van der Waals surface area contributed by atoms with Gasteiger partial charge in [0.2, 0.25) is 0 Å². The van der Waals surface area contributed by atoms with E-state index in [4.69, 9.17) is 4.74 Å². The Labute approximate surface area is 148 Å². The minimum Gasteiger partial charge on any atom is -0.385 e. The number of nitrogens with zero attached hydrogens (tertiary/aromatic N) is 1. The lowest BCUT2D eigenvalue weighted by Crippen LogP contribution is -2.43. The van der Waals surface area contributed by atoms with Crippen LogP contribution in [0.2, 0.25) is 0 Å². The van der Waals surface area contributed by atoms with E-state index < -0.39 is 0 Å². The third-order valence-corrected chi connectivity index (χ3v) is 4.38. The van der Waals surface area contributed by atoms with Gasteiger partial charge in [-0.05, 0) is 36.8 Å². The van der Waals surface area contributed by atoms with Crippen LogP contribution in [0.4, 0.5) is 0 Å². The highest BCUT2D eigenvalue weighted by atomic mass is 16.5. The molecule has 0 heterocycles. The molecule has 0 saturated carbocycles. The van der Waals surface area contributed by atoms with Crippen molar-refractivity contribution in [1.82, 2.24) is 10.6 Å². The predicted octanol–water partition coefficient (Wildman–Crippen LogP) is 3.51. The van der Waals surface area contributed by atoms with E-state index >= 15 is 0 Å². The van der Waals surface area contributed by atoms with Gasteiger partial charge in [0.1, 0.15) is 0 Å². The SMILES string of the molecule is CCc1ccc(C(C)(C)CNC(=NC)NCCCCCOC)cc1. The second-order valence-corrected chi connectivity index (χ2v) is 6.84. The van der Waals surface area contributed by atoms with Gasteiger partial charge in [0.15, 0.2) is 5.96 Å². The van der Waals surface area contributed by atoms with Crippen molar-refractivity contribution in [1.29, 1.82) is 0 Å². The quantitative estimate of drug-likeness (QED) is 0.391. The summed E-state index contributed by atoms with van der Waals surface area (Å²) >= 11 is 0. The Balaban J connectivity index is 2.40. The molecule has 24 heavy (non-hydrogen) atoms. The van der Waals surface area contributed by atoms with E-state index in [2.05, 4.69) is 60.7 Å². The van der Waals surface area contributed by atoms with Gasteiger partial charge in [0, 0.05) is 39.3 Å². The Morgan fingerprint density at radius 1 is 1.08 bits per heavy atom. The summed E-state index contributed by atoms with van der Waals surface area (Å²) < 4.78 is 5.07. The molecule has 0 atom stereocenters. The van der Waals surface area contributed by atoms with Gasteiger partial charge in [-0.3, -0.25) is 4.99 Å². The second-order valence-electron chi connectivity index (χ2n) is 6.84. The number of benzene rings is 1. The topological polar surface area (TPSA) is 45.7 Å². The zero-order valence-corrected chi connectivity index (χ0v) is 16.1. The molecule has 0 unspecified atom stereocenters. The molecule has 136 valence electrons. The first kappa shape index (κ1) is 20.5. The average Bonchev–Trinajstić information content (AvgIpc) is 2.60. The highest BCUT2D eigenvalue weighted by Crippen LogP contribution is 2.22. The summed E-state index contributed by atoms with van der Waals surface area (Å²) in [5, 5.41) is 6.84. The van der Waals surface area contributed by atoms with Crippen molar-refractivity contribution in [2.45, 2.75) is 51.9 Å². The molecule has 1 aromatic carbocycles. The van der Waals surface area contributed by atoms with Gasteiger partial charge in [0.05, 0.1) is 0 Å². The van der Waals surface area contributed by atoms with Gasteiger partial charge in [0.25, 0.3) is 0 Å². The van der Waals surface area contributed by atoms with Gasteiger partial charge in [-0.15, -0.1) is 0 Å². The predicted molar refractivity (Wildman–Crippen MR) is 104 cm³/mol. The highest BCUT2D eigenvalue weighted by molar-refractivity contribution is 5.79. The first-order valence-corrected chi connectivity index (χ1v) is 9.06. The molecule has 0 aliphatic heterocycles. The van der Waals surface area contributed by atoms with Crippen molar-refractivity contribution in [3.05, 3.63) is 35.4 Å². The zero-order valence-electron chi connectivity index (χ0n) is 16.1. The van der Waals surface area contributed by atoms with Gasteiger partial charge < -0.3 is 15.4 Å². The Hall–Kier alpha value is -1.55. The molecule has 0 aromatic heterocycles. The first-order chi connectivity index (χ1) is 11.5. The van der Waals surface area contributed by atoms with Crippen LogP contribution in [-0.2, 0) is 16.6 Å². The lowest BCUT2D eigenvalue weighted by Gasteiger charge is -2.27. The lowest BCUT2D eigenvalue weighted by atomic mass is 9.84. The number of hydrogen-bond donors (Lipinski definition) is 2. The summed E-state index contributed by atoms with van der Waals surface area (Å²) in [7, 11) is 3.57. The summed E-state index contributed by atoms with van der Waals surface area (Å²) in [6.45, 7) is 9.35. The van der Waals surface area contributed by atoms with Crippen LogP contribution < -0.4 is 10.6 Å². The molecular weight excluding hydrogens is 298 g/mol. The van der Waals surface area contributed by atoms with Gasteiger partial charge in [-0.2, -0.15) is 0 Å². The number of ether oxygens (including phenoxy) is 1. The molecule has 0 fully saturated rings. The van der Waals surface area contributed by atoms with Crippen molar-refractivity contribution in [3.8, 4) is 0 Å². The van der Waals surface area contributed by atoms with E-state index in [0.29, 0.717) is 0 Å². The van der Waals surface area contributed by atoms with Crippen LogP contribution in [0.25, 0.3) is 0 Å². The maximum atomic E-state index is 5.07. The lowest BCUT2D eigenvalue weighted by molar-refractivity contribution is 0.192. The zero-order chi connectivity index (χ0) is 17.8. The van der Waals surface area contributed by atoms with Crippen LogP contribution >= 0.6 is 0 Å². The molecule has 2 N–H and O–H groups in total. The number of rotatable bonds is 10. The fourth-order valence-electron chi connectivity index (χ4n) is 2.57. The number of nitrogens with one attached hydrogen (secondary N) is 2. The Morgan fingerprint density at radius 3 is 2.38 bits per heavy atom.